The Bertz CT molecular complexity index is 278. The summed E-state index contributed by atoms with van der Waals surface area (Å²) in [5, 5.41) is 9.20. The van der Waals surface area contributed by atoms with Gasteiger partial charge in [0.25, 0.3) is 0 Å². The normalized spacial score (nSPS) is 16.6. The predicted molar refractivity (Wildman–Crippen MR) is 45.6 cm³/mol. The first-order valence-electron chi connectivity index (χ1n) is 4.48. The van der Waals surface area contributed by atoms with Gasteiger partial charge in [0.2, 0.25) is 5.91 Å². The van der Waals surface area contributed by atoms with Gasteiger partial charge in [-0.05, 0) is 12.8 Å². The second kappa shape index (κ2) is 3.55. The molecule has 0 atom stereocenters. The first-order valence-corrected chi connectivity index (χ1v) is 4.48. The average Bonchev–Trinajstić information content (AvgIpc) is 2.49. The standard InChI is InChI=1S/C8H12N4O/c13-8(6-2-1-3-6)9-4-7-10-5-11-12-7/h5-6H,1-4H2,(H,9,13)(H,10,11,12). The summed E-state index contributed by atoms with van der Waals surface area (Å²) in [4.78, 5) is 15.3. The summed E-state index contributed by atoms with van der Waals surface area (Å²) in [7, 11) is 0. The Kier molecular flexibility index (Phi) is 2.25. The van der Waals surface area contributed by atoms with Crippen LogP contribution in [0.1, 0.15) is 25.1 Å². The summed E-state index contributed by atoms with van der Waals surface area (Å²) in [6.45, 7) is 0.454. The maximum absolute atomic E-state index is 11.3. The van der Waals surface area contributed by atoms with Crippen LogP contribution in [0.4, 0.5) is 0 Å². The van der Waals surface area contributed by atoms with Crippen LogP contribution < -0.4 is 5.32 Å². The van der Waals surface area contributed by atoms with Crippen LogP contribution in [0.5, 0.6) is 0 Å². The molecule has 1 amide bonds. The highest BCUT2D eigenvalue weighted by atomic mass is 16.1. The van der Waals surface area contributed by atoms with Gasteiger partial charge in [0.1, 0.15) is 12.2 Å². The van der Waals surface area contributed by atoms with Gasteiger partial charge in [-0.3, -0.25) is 9.89 Å². The highest BCUT2D eigenvalue weighted by molar-refractivity contribution is 5.79. The van der Waals surface area contributed by atoms with Crippen molar-refractivity contribution >= 4 is 5.91 Å². The topological polar surface area (TPSA) is 70.7 Å². The van der Waals surface area contributed by atoms with Crippen molar-refractivity contribution in [3.63, 3.8) is 0 Å². The fraction of sp³-hybridized carbons (Fsp3) is 0.625. The maximum Gasteiger partial charge on any atom is 0.223 e. The van der Waals surface area contributed by atoms with Crippen LogP contribution in [0.3, 0.4) is 0 Å². The molecule has 1 heterocycles. The van der Waals surface area contributed by atoms with Gasteiger partial charge in [0.05, 0.1) is 6.54 Å². The van der Waals surface area contributed by atoms with E-state index in [1.807, 2.05) is 0 Å². The Morgan fingerprint density at radius 3 is 3.08 bits per heavy atom. The average molecular weight is 180 g/mol. The largest absolute Gasteiger partial charge is 0.349 e. The number of nitrogens with zero attached hydrogens (tertiary/aromatic N) is 2. The molecule has 13 heavy (non-hydrogen) atoms. The van der Waals surface area contributed by atoms with Crippen molar-refractivity contribution in [2.45, 2.75) is 25.8 Å². The maximum atomic E-state index is 11.3. The van der Waals surface area contributed by atoms with Crippen LogP contribution in [0.25, 0.3) is 0 Å². The van der Waals surface area contributed by atoms with Crippen molar-refractivity contribution in [1.82, 2.24) is 20.5 Å². The Morgan fingerprint density at radius 1 is 1.69 bits per heavy atom. The SMILES string of the molecule is O=C(NCc1ncn[nH]1)C1CCC1. The molecule has 5 nitrogen and oxygen atoms in total. The van der Waals surface area contributed by atoms with E-state index in [4.69, 9.17) is 0 Å². The zero-order chi connectivity index (χ0) is 9.10. The third-order valence-electron chi connectivity index (χ3n) is 2.37. The van der Waals surface area contributed by atoms with Gasteiger partial charge in [-0.1, -0.05) is 6.42 Å². The van der Waals surface area contributed by atoms with Crippen LogP contribution >= 0.6 is 0 Å². The Balaban J connectivity index is 1.76. The fourth-order valence-corrected chi connectivity index (χ4v) is 1.30. The van der Waals surface area contributed by atoms with Gasteiger partial charge < -0.3 is 5.32 Å². The summed E-state index contributed by atoms with van der Waals surface area (Å²) >= 11 is 0. The van der Waals surface area contributed by atoms with E-state index in [1.165, 1.54) is 12.7 Å². The summed E-state index contributed by atoms with van der Waals surface area (Å²) in [5.41, 5.74) is 0. The number of hydrogen-bond acceptors (Lipinski definition) is 3. The number of H-pyrrole nitrogens is 1. The van der Waals surface area contributed by atoms with Crippen molar-refractivity contribution in [1.29, 1.82) is 0 Å². The van der Waals surface area contributed by atoms with E-state index in [0.29, 0.717) is 12.4 Å². The first-order chi connectivity index (χ1) is 6.36. The molecule has 1 fully saturated rings. The first kappa shape index (κ1) is 8.22. The van der Waals surface area contributed by atoms with Crippen molar-refractivity contribution in [3.05, 3.63) is 12.2 Å². The van der Waals surface area contributed by atoms with Crippen molar-refractivity contribution < 1.29 is 4.79 Å². The lowest BCUT2D eigenvalue weighted by atomic mass is 9.85. The molecule has 1 aliphatic carbocycles. The number of aromatic nitrogens is 3. The second-order valence-electron chi connectivity index (χ2n) is 3.28. The van der Waals surface area contributed by atoms with Crippen LogP contribution in [-0.4, -0.2) is 21.1 Å². The number of carbonyl (C=O) groups excluding carboxylic acids is 1. The molecular formula is C8H12N4O. The van der Waals surface area contributed by atoms with E-state index < -0.39 is 0 Å². The molecule has 0 spiro atoms. The van der Waals surface area contributed by atoms with Crippen LogP contribution in [0.15, 0.2) is 6.33 Å². The minimum Gasteiger partial charge on any atom is -0.349 e. The monoisotopic (exact) mass is 180 g/mol. The van der Waals surface area contributed by atoms with Gasteiger partial charge in [-0.15, -0.1) is 0 Å². The minimum absolute atomic E-state index is 0.141. The van der Waals surface area contributed by atoms with E-state index in [0.717, 1.165) is 12.8 Å². The van der Waals surface area contributed by atoms with E-state index in [9.17, 15) is 4.79 Å². The van der Waals surface area contributed by atoms with E-state index in [1.54, 1.807) is 0 Å². The number of rotatable bonds is 3. The fourth-order valence-electron chi connectivity index (χ4n) is 1.30. The molecule has 1 aromatic rings. The second-order valence-corrected chi connectivity index (χ2v) is 3.28. The highest BCUT2D eigenvalue weighted by Gasteiger charge is 2.24. The Labute approximate surface area is 75.9 Å². The molecule has 0 aliphatic heterocycles. The van der Waals surface area contributed by atoms with Crippen LogP contribution in [-0.2, 0) is 11.3 Å². The minimum atomic E-state index is 0.141. The molecule has 0 aromatic carbocycles. The lowest BCUT2D eigenvalue weighted by Crippen LogP contribution is -2.34. The van der Waals surface area contributed by atoms with Gasteiger partial charge in [-0.2, -0.15) is 5.10 Å². The van der Waals surface area contributed by atoms with Gasteiger partial charge >= 0.3 is 0 Å². The number of carbonyl (C=O) groups is 1. The molecule has 0 saturated heterocycles. The van der Waals surface area contributed by atoms with E-state index in [-0.39, 0.29) is 11.8 Å². The quantitative estimate of drug-likeness (QED) is 0.699. The molecule has 0 unspecified atom stereocenters. The smallest absolute Gasteiger partial charge is 0.223 e. The molecule has 70 valence electrons. The highest BCUT2D eigenvalue weighted by Crippen LogP contribution is 2.26. The number of aromatic amines is 1. The molecule has 1 aliphatic rings. The third-order valence-corrected chi connectivity index (χ3v) is 2.37. The summed E-state index contributed by atoms with van der Waals surface area (Å²) in [5.74, 6) is 1.08. The molecule has 1 saturated carbocycles. The van der Waals surface area contributed by atoms with Gasteiger partial charge in [0.15, 0.2) is 0 Å². The number of amides is 1. The summed E-state index contributed by atoms with van der Waals surface area (Å²) in [6, 6.07) is 0. The Morgan fingerprint density at radius 2 is 2.54 bits per heavy atom. The predicted octanol–water partition coefficient (Wildman–Crippen LogP) is 0.221. The molecule has 1 aromatic heterocycles. The molecule has 2 N–H and O–H groups in total. The molecule has 0 radical (unpaired) electrons. The van der Waals surface area contributed by atoms with Crippen molar-refractivity contribution in [2.24, 2.45) is 5.92 Å². The molecular weight excluding hydrogens is 168 g/mol. The number of nitrogens with one attached hydrogen (secondary N) is 2. The van der Waals surface area contributed by atoms with Crippen molar-refractivity contribution in [2.75, 3.05) is 0 Å². The van der Waals surface area contributed by atoms with E-state index >= 15 is 0 Å². The summed E-state index contributed by atoms with van der Waals surface area (Å²) in [6.07, 6.45) is 4.68. The van der Waals surface area contributed by atoms with Gasteiger partial charge in [0, 0.05) is 5.92 Å². The summed E-state index contributed by atoms with van der Waals surface area (Å²) < 4.78 is 0. The number of hydrogen-bond donors (Lipinski definition) is 2. The molecule has 5 heteroatoms. The van der Waals surface area contributed by atoms with Crippen molar-refractivity contribution in [3.8, 4) is 0 Å². The van der Waals surface area contributed by atoms with Crippen LogP contribution in [0, 0.1) is 5.92 Å². The van der Waals surface area contributed by atoms with Crippen LogP contribution in [0.2, 0.25) is 0 Å². The zero-order valence-corrected chi connectivity index (χ0v) is 7.29. The molecule has 2 rings (SSSR count). The van der Waals surface area contributed by atoms with Gasteiger partial charge in [-0.25, -0.2) is 4.98 Å². The lowest BCUT2D eigenvalue weighted by Gasteiger charge is -2.23. The Hall–Kier alpha value is -1.39. The third kappa shape index (κ3) is 1.85. The zero-order valence-electron chi connectivity index (χ0n) is 7.29. The molecule has 0 bridgehead atoms. The lowest BCUT2D eigenvalue weighted by molar-refractivity contribution is -0.127. The van der Waals surface area contributed by atoms with E-state index in [2.05, 4.69) is 20.5 Å².